The van der Waals surface area contributed by atoms with Crippen molar-refractivity contribution in [1.82, 2.24) is 20.4 Å². The molecule has 1 atom stereocenters. The van der Waals surface area contributed by atoms with Gasteiger partial charge in [0.1, 0.15) is 5.82 Å². The number of anilines is 1. The second-order valence-electron chi connectivity index (χ2n) is 6.62. The Balaban J connectivity index is 0.00000124. The smallest absolute Gasteiger partial charge is 0.231 e. The average molecular weight is 432 g/mol. The minimum Gasteiger partial charge on any atom is -0.391 e. The number of aromatic amines is 1. The first-order valence-corrected chi connectivity index (χ1v) is 10.2. The summed E-state index contributed by atoms with van der Waals surface area (Å²) in [5.74, 6) is -0.471. The Bertz CT molecular complexity index is 1010. The van der Waals surface area contributed by atoms with Gasteiger partial charge in [0, 0.05) is 23.6 Å². The third kappa shape index (κ3) is 4.34. The molecule has 4 rings (SSSR count). The Kier molecular flexibility index (Phi) is 7.12. The lowest BCUT2D eigenvalue weighted by molar-refractivity contribution is -0.120. The van der Waals surface area contributed by atoms with E-state index in [1.54, 1.807) is 29.4 Å². The zero-order valence-corrected chi connectivity index (χ0v) is 17.5. The van der Waals surface area contributed by atoms with Crippen LogP contribution < -0.4 is 4.90 Å². The van der Waals surface area contributed by atoms with Gasteiger partial charge in [-0.15, -0.1) is 0 Å². The van der Waals surface area contributed by atoms with Gasteiger partial charge in [-0.05, 0) is 36.6 Å². The molecule has 1 aromatic carbocycles. The lowest BCUT2D eigenvalue weighted by atomic mass is 9.98. The Morgan fingerprint density at radius 2 is 2.10 bits per heavy atom. The Morgan fingerprint density at radius 3 is 2.77 bits per heavy atom. The number of rotatable bonds is 5. The summed E-state index contributed by atoms with van der Waals surface area (Å²) in [6.45, 7) is 4.20. The highest BCUT2D eigenvalue weighted by atomic mass is 35.5. The summed E-state index contributed by atoms with van der Waals surface area (Å²) in [6.07, 6.45) is 4.13. The Morgan fingerprint density at radius 1 is 1.30 bits per heavy atom. The molecule has 1 aliphatic rings. The second-order valence-corrected chi connectivity index (χ2v) is 7.03. The quantitative estimate of drug-likeness (QED) is 0.641. The van der Waals surface area contributed by atoms with Gasteiger partial charge in [0.25, 0.3) is 0 Å². The first-order chi connectivity index (χ1) is 14.6. The van der Waals surface area contributed by atoms with Gasteiger partial charge in [0.05, 0.1) is 29.7 Å². The van der Waals surface area contributed by atoms with Crippen LogP contribution in [0.25, 0.3) is 11.3 Å². The first-order valence-electron chi connectivity index (χ1n) is 9.79. The van der Waals surface area contributed by atoms with E-state index in [0.29, 0.717) is 36.5 Å². The molecule has 1 saturated heterocycles. The maximum Gasteiger partial charge on any atom is 0.231 e. The van der Waals surface area contributed by atoms with Crippen molar-refractivity contribution >= 4 is 23.3 Å². The van der Waals surface area contributed by atoms with E-state index in [4.69, 9.17) is 11.6 Å². The number of nitrogens with one attached hydrogen (secondary N) is 1. The van der Waals surface area contributed by atoms with Crippen LogP contribution in [0.1, 0.15) is 31.4 Å². The number of hydrogen-bond donors (Lipinski definition) is 2. The van der Waals surface area contributed by atoms with Crippen molar-refractivity contribution < 1.29 is 14.3 Å². The molecule has 0 bridgehead atoms. The minimum atomic E-state index is -0.494. The van der Waals surface area contributed by atoms with Crippen LogP contribution in [0, 0.1) is 11.7 Å². The summed E-state index contributed by atoms with van der Waals surface area (Å²) in [7, 11) is 0. The highest BCUT2D eigenvalue weighted by Crippen LogP contribution is 2.33. The lowest BCUT2D eigenvalue weighted by Gasteiger charge is -2.16. The highest BCUT2D eigenvalue weighted by Gasteiger charge is 2.35. The molecule has 3 aromatic rings. The third-order valence-corrected chi connectivity index (χ3v) is 5.22. The number of nitrogens with zero attached hydrogens (tertiary/aromatic N) is 4. The summed E-state index contributed by atoms with van der Waals surface area (Å²) in [5, 5.41) is 24.6. The number of aromatic nitrogens is 4. The number of amides is 1. The van der Waals surface area contributed by atoms with E-state index in [0.717, 1.165) is 11.1 Å². The van der Waals surface area contributed by atoms with E-state index in [9.17, 15) is 14.3 Å². The molecule has 9 heteroatoms. The standard InChI is InChI=1S/C19H17ClFN5O2.C2H6/c20-15-2-1-11(8-16(15)21)7-12-4-6-26(19(12)28)18-14(10-27)17(24-25-18)13-3-5-22-23-9-13;1-2/h1-3,5,8-9,12,27H,4,6-7,10H2,(H,24,25);1-2H3. The summed E-state index contributed by atoms with van der Waals surface area (Å²) in [4.78, 5) is 14.5. The fraction of sp³-hybridized carbons (Fsp3) is 0.333. The van der Waals surface area contributed by atoms with Crippen LogP contribution in [0.3, 0.4) is 0 Å². The van der Waals surface area contributed by atoms with E-state index >= 15 is 0 Å². The van der Waals surface area contributed by atoms with Crippen LogP contribution in [0.15, 0.2) is 36.7 Å². The van der Waals surface area contributed by atoms with E-state index in [1.807, 2.05) is 13.8 Å². The highest BCUT2D eigenvalue weighted by molar-refractivity contribution is 6.30. The van der Waals surface area contributed by atoms with E-state index in [1.165, 1.54) is 12.1 Å². The van der Waals surface area contributed by atoms with E-state index in [-0.39, 0.29) is 23.5 Å². The fourth-order valence-corrected chi connectivity index (χ4v) is 3.61. The second kappa shape index (κ2) is 9.77. The van der Waals surface area contributed by atoms with Gasteiger partial charge in [0.15, 0.2) is 5.82 Å². The van der Waals surface area contributed by atoms with Gasteiger partial charge in [-0.1, -0.05) is 31.5 Å². The minimum absolute atomic E-state index is 0.0605. The van der Waals surface area contributed by atoms with Crippen molar-refractivity contribution in [2.75, 3.05) is 11.4 Å². The molecule has 2 aromatic heterocycles. The molecule has 1 aliphatic heterocycles. The molecule has 0 aliphatic carbocycles. The zero-order chi connectivity index (χ0) is 21.7. The normalized spacial score (nSPS) is 15.8. The molecular weight excluding hydrogens is 409 g/mol. The molecular formula is C21H23ClFN5O2. The average Bonchev–Trinajstić information content (AvgIpc) is 3.36. The number of carbonyl (C=O) groups excluding carboxylic acids is 1. The maximum absolute atomic E-state index is 13.7. The predicted molar refractivity (Wildman–Crippen MR) is 112 cm³/mol. The molecule has 158 valence electrons. The van der Waals surface area contributed by atoms with Crippen LogP contribution in [-0.4, -0.2) is 38.0 Å². The molecule has 2 N–H and O–H groups in total. The van der Waals surface area contributed by atoms with Crippen molar-refractivity contribution in [1.29, 1.82) is 0 Å². The van der Waals surface area contributed by atoms with Crippen molar-refractivity contribution in [3.63, 3.8) is 0 Å². The third-order valence-electron chi connectivity index (χ3n) is 4.91. The van der Waals surface area contributed by atoms with Crippen molar-refractivity contribution in [3.8, 4) is 11.3 Å². The SMILES string of the molecule is CC.O=C1C(Cc2ccc(Cl)c(F)c2)CCN1c1n[nH]c(-c2ccnnc2)c1CO. The van der Waals surface area contributed by atoms with Crippen molar-refractivity contribution in [2.24, 2.45) is 5.92 Å². The summed E-state index contributed by atoms with van der Waals surface area (Å²) in [5.41, 5.74) is 2.57. The molecule has 30 heavy (non-hydrogen) atoms. The van der Waals surface area contributed by atoms with E-state index < -0.39 is 5.82 Å². The largest absolute Gasteiger partial charge is 0.391 e. The Hall–Kier alpha value is -2.84. The van der Waals surface area contributed by atoms with Crippen molar-refractivity contribution in [3.05, 3.63) is 58.6 Å². The Labute approximate surface area is 178 Å². The lowest BCUT2D eigenvalue weighted by Crippen LogP contribution is -2.29. The molecule has 0 saturated carbocycles. The number of H-pyrrole nitrogens is 1. The molecule has 3 heterocycles. The van der Waals surface area contributed by atoms with Gasteiger partial charge in [-0.3, -0.25) is 14.8 Å². The van der Waals surface area contributed by atoms with Crippen LogP contribution >= 0.6 is 11.6 Å². The molecule has 1 amide bonds. The van der Waals surface area contributed by atoms with Gasteiger partial charge in [-0.2, -0.15) is 15.3 Å². The number of halogens is 2. The van der Waals surface area contributed by atoms with E-state index in [2.05, 4.69) is 20.4 Å². The molecule has 1 fully saturated rings. The number of carbonyl (C=O) groups is 1. The van der Waals surface area contributed by atoms with Gasteiger partial charge in [0.2, 0.25) is 5.91 Å². The number of aliphatic hydroxyl groups excluding tert-OH is 1. The number of aliphatic hydroxyl groups is 1. The number of hydrogen-bond acceptors (Lipinski definition) is 5. The zero-order valence-electron chi connectivity index (χ0n) is 16.8. The first kappa shape index (κ1) is 21.9. The monoisotopic (exact) mass is 431 g/mol. The van der Waals surface area contributed by atoms with Gasteiger partial charge >= 0.3 is 0 Å². The van der Waals surface area contributed by atoms with Crippen LogP contribution in [0.5, 0.6) is 0 Å². The fourth-order valence-electron chi connectivity index (χ4n) is 3.50. The molecule has 7 nitrogen and oxygen atoms in total. The van der Waals surface area contributed by atoms with Crippen LogP contribution in [0.2, 0.25) is 5.02 Å². The maximum atomic E-state index is 13.7. The summed E-state index contributed by atoms with van der Waals surface area (Å²) in [6, 6.07) is 6.33. The topological polar surface area (TPSA) is 95.0 Å². The summed E-state index contributed by atoms with van der Waals surface area (Å²) >= 11 is 5.72. The predicted octanol–water partition coefficient (Wildman–Crippen LogP) is 3.77. The van der Waals surface area contributed by atoms with Gasteiger partial charge < -0.3 is 5.11 Å². The van der Waals surface area contributed by atoms with Gasteiger partial charge in [-0.25, -0.2) is 4.39 Å². The van der Waals surface area contributed by atoms with Crippen LogP contribution in [0.4, 0.5) is 10.2 Å². The molecule has 1 unspecified atom stereocenters. The number of benzene rings is 1. The van der Waals surface area contributed by atoms with Crippen molar-refractivity contribution in [2.45, 2.75) is 33.3 Å². The summed E-state index contributed by atoms with van der Waals surface area (Å²) < 4.78 is 13.7. The molecule has 0 spiro atoms. The van der Waals surface area contributed by atoms with Crippen LogP contribution in [-0.2, 0) is 17.8 Å². The molecule has 0 radical (unpaired) electrons.